The van der Waals surface area contributed by atoms with Gasteiger partial charge in [0.25, 0.3) is 5.91 Å². The molecule has 7 nitrogen and oxygen atoms in total. The van der Waals surface area contributed by atoms with Crippen LogP contribution in [0.15, 0.2) is 88.1 Å². The molecule has 0 unspecified atom stereocenters. The predicted molar refractivity (Wildman–Crippen MR) is 123 cm³/mol. The highest BCUT2D eigenvalue weighted by molar-refractivity contribution is 6.30. The van der Waals surface area contributed by atoms with Crippen LogP contribution in [0.4, 0.5) is 0 Å². The molecule has 1 heterocycles. The summed E-state index contributed by atoms with van der Waals surface area (Å²) in [5, 5.41) is 3.77. The largest absolute Gasteiger partial charge is 0.482 e. The summed E-state index contributed by atoms with van der Waals surface area (Å²) in [7, 11) is 0. The molecular formula is C25H18ClNO6. The van der Waals surface area contributed by atoms with Crippen LogP contribution in [0.5, 0.6) is 11.5 Å². The lowest BCUT2D eigenvalue weighted by atomic mass is 10.1. The lowest BCUT2D eigenvalue weighted by Crippen LogP contribution is -2.27. The molecule has 8 heteroatoms. The zero-order chi connectivity index (χ0) is 23.2. The molecule has 4 aromatic rings. The maximum absolute atomic E-state index is 12.4. The molecule has 33 heavy (non-hydrogen) atoms. The Bertz CT molecular complexity index is 1350. The second-order valence-electron chi connectivity index (χ2n) is 7.03. The van der Waals surface area contributed by atoms with Crippen molar-refractivity contribution < 1.29 is 23.5 Å². The summed E-state index contributed by atoms with van der Waals surface area (Å²) in [6.45, 7) is -0.0335. The zero-order valence-electron chi connectivity index (χ0n) is 17.2. The lowest BCUT2D eigenvalue weighted by Gasteiger charge is -2.08. The van der Waals surface area contributed by atoms with E-state index in [4.69, 9.17) is 25.5 Å². The van der Waals surface area contributed by atoms with Crippen molar-refractivity contribution in [2.75, 3.05) is 6.61 Å². The fourth-order valence-electron chi connectivity index (χ4n) is 3.02. The maximum atomic E-state index is 12.4. The second-order valence-corrected chi connectivity index (χ2v) is 7.47. The molecule has 0 saturated carbocycles. The first kappa shape index (κ1) is 22.1. The van der Waals surface area contributed by atoms with Crippen LogP contribution in [-0.4, -0.2) is 18.5 Å². The number of benzene rings is 3. The summed E-state index contributed by atoms with van der Waals surface area (Å²) >= 11 is 5.81. The first-order valence-corrected chi connectivity index (χ1v) is 10.3. The van der Waals surface area contributed by atoms with Gasteiger partial charge in [-0.15, -0.1) is 0 Å². The third-order valence-electron chi connectivity index (χ3n) is 4.65. The third-order valence-corrected chi connectivity index (χ3v) is 4.90. The van der Waals surface area contributed by atoms with Gasteiger partial charge in [-0.25, -0.2) is 9.59 Å². The highest BCUT2D eigenvalue weighted by Gasteiger charge is 2.15. The molecule has 0 aliphatic carbocycles. The Hall–Kier alpha value is -4.10. The molecule has 0 spiro atoms. The summed E-state index contributed by atoms with van der Waals surface area (Å²) < 4.78 is 15.9. The summed E-state index contributed by atoms with van der Waals surface area (Å²) in [5.74, 6) is -0.525. The van der Waals surface area contributed by atoms with E-state index in [-0.39, 0.29) is 30.0 Å². The molecule has 0 fully saturated rings. The Labute approximate surface area is 193 Å². The molecule has 0 atom stereocenters. The fourth-order valence-corrected chi connectivity index (χ4v) is 3.15. The van der Waals surface area contributed by atoms with Gasteiger partial charge in [-0.3, -0.25) is 4.79 Å². The Morgan fingerprint density at radius 3 is 2.39 bits per heavy atom. The maximum Gasteiger partial charge on any atom is 0.349 e. The van der Waals surface area contributed by atoms with Gasteiger partial charge in [-0.1, -0.05) is 41.9 Å². The normalized spacial score (nSPS) is 10.6. The van der Waals surface area contributed by atoms with Gasteiger partial charge in [0, 0.05) is 23.0 Å². The van der Waals surface area contributed by atoms with Crippen molar-refractivity contribution in [3.63, 3.8) is 0 Å². The van der Waals surface area contributed by atoms with E-state index in [1.165, 1.54) is 18.2 Å². The Balaban J connectivity index is 1.41. The van der Waals surface area contributed by atoms with Gasteiger partial charge in [0.2, 0.25) is 0 Å². The number of halogens is 1. The van der Waals surface area contributed by atoms with E-state index in [0.717, 1.165) is 5.56 Å². The van der Waals surface area contributed by atoms with Gasteiger partial charge in [0.1, 0.15) is 22.6 Å². The molecule has 0 aliphatic heterocycles. The highest BCUT2D eigenvalue weighted by Crippen LogP contribution is 2.21. The lowest BCUT2D eigenvalue weighted by molar-refractivity contribution is -0.136. The summed E-state index contributed by atoms with van der Waals surface area (Å²) in [5.41, 5.74) is 0.188. The summed E-state index contributed by atoms with van der Waals surface area (Å²) in [6.07, 6.45) is 0. The minimum atomic E-state index is -0.789. The average molecular weight is 464 g/mol. The van der Waals surface area contributed by atoms with Gasteiger partial charge in [0.15, 0.2) is 6.61 Å². The second kappa shape index (κ2) is 10.0. The third kappa shape index (κ3) is 5.78. The van der Waals surface area contributed by atoms with Crippen LogP contribution in [-0.2, 0) is 11.3 Å². The number of fused-ring (bicyclic) bond motifs is 1. The molecular weight excluding hydrogens is 446 g/mol. The number of carbonyl (C=O) groups is 2. The van der Waals surface area contributed by atoms with E-state index in [0.29, 0.717) is 16.2 Å². The topological polar surface area (TPSA) is 94.8 Å². The molecule has 0 aliphatic rings. The van der Waals surface area contributed by atoms with Crippen LogP contribution in [0.1, 0.15) is 15.9 Å². The number of amides is 1. The van der Waals surface area contributed by atoms with Gasteiger partial charge >= 0.3 is 11.6 Å². The number of rotatable bonds is 7. The summed E-state index contributed by atoms with van der Waals surface area (Å²) in [6, 6.07) is 21.9. The highest BCUT2D eigenvalue weighted by atomic mass is 35.5. The monoisotopic (exact) mass is 463 g/mol. The van der Waals surface area contributed by atoms with E-state index >= 15 is 0 Å². The van der Waals surface area contributed by atoms with Crippen molar-refractivity contribution in [3.05, 3.63) is 105 Å². The first-order chi connectivity index (χ1) is 16.0. The first-order valence-electron chi connectivity index (χ1n) is 9.97. The Morgan fingerprint density at radius 1 is 0.909 bits per heavy atom. The molecule has 3 aromatic carbocycles. The van der Waals surface area contributed by atoms with E-state index in [1.54, 1.807) is 30.3 Å². The predicted octanol–water partition coefficient (Wildman–Crippen LogP) is 4.36. The molecule has 1 amide bonds. The van der Waals surface area contributed by atoms with Crippen LogP contribution in [0, 0.1) is 0 Å². The number of ether oxygens (including phenoxy) is 2. The smallest absolute Gasteiger partial charge is 0.349 e. The van der Waals surface area contributed by atoms with Crippen molar-refractivity contribution in [1.29, 1.82) is 0 Å². The van der Waals surface area contributed by atoms with E-state index < -0.39 is 17.5 Å². The van der Waals surface area contributed by atoms with Gasteiger partial charge in [0.05, 0.1) is 0 Å². The molecule has 1 N–H and O–H groups in total. The number of esters is 1. The number of nitrogens with one attached hydrogen (secondary N) is 1. The van der Waals surface area contributed by atoms with Crippen LogP contribution >= 0.6 is 11.6 Å². The van der Waals surface area contributed by atoms with Crippen molar-refractivity contribution in [2.24, 2.45) is 0 Å². The van der Waals surface area contributed by atoms with Crippen LogP contribution in [0.3, 0.4) is 0 Å². The van der Waals surface area contributed by atoms with Gasteiger partial charge < -0.3 is 19.2 Å². The fraction of sp³-hybridized carbons (Fsp3) is 0.0800. The zero-order valence-corrected chi connectivity index (χ0v) is 18.0. The Kier molecular flexibility index (Phi) is 6.71. The van der Waals surface area contributed by atoms with Crippen molar-refractivity contribution in [1.82, 2.24) is 5.32 Å². The molecule has 4 rings (SSSR count). The molecule has 1 aromatic heterocycles. The standard InChI is InChI=1S/C25H18ClNO6/c26-18-7-10-19(11-8-18)31-15-23(28)32-20-9-6-17-12-21(25(30)33-22(17)13-20)24(29)27-14-16-4-2-1-3-5-16/h1-13H,14-15H2,(H,27,29). The van der Waals surface area contributed by atoms with E-state index in [9.17, 15) is 14.4 Å². The van der Waals surface area contributed by atoms with E-state index in [2.05, 4.69) is 5.32 Å². The SMILES string of the molecule is O=C(COc1ccc(Cl)cc1)Oc1ccc2cc(C(=O)NCc3ccccc3)c(=O)oc2c1. The van der Waals surface area contributed by atoms with Crippen LogP contribution < -0.4 is 20.4 Å². The molecule has 0 bridgehead atoms. The van der Waals surface area contributed by atoms with Crippen LogP contribution in [0.25, 0.3) is 11.0 Å². The van der Waals surface area contributed by atoms with Crippen molar-refractivity contribution >= 4 is 34.4 Å². The summed E-state index contributed by atoms with van der Waals surface area (Å²) in [4.78, 5) is 36.8. The quantitative estimate of drug-likeness (QED) is 0.248. The Morgan fingerprint density at radius 2 is 1.64 bits per heavy atom. The number of hydrogen-bond acceptors (Lipinski definition) is 6. The molecule has 0 radical (unpaired) electrons. The van der Waals surface area contributed by atoms with Gasteiger partial charge in [-0.05, 0) is 48.0 Å². The van der Waals surface area contributed by atoms with Crippen molar-refractivity contribution in [2.45, 2.75) is 6.54 Å². The van der Waals surface area contributed by atoms with Crippen LogP contribution in [0.2, 0.25) is 5.02 Å². The van der Waals surface area contributed by atoms with E-state index in [1.807, 2.05) is 30.3 Å². The average Bonchev–Trinajstić information content (AvgIpc) is 2.82. The molecule has 166 valence electrons. The molecule has 0 saturated heterocycles. The van der Waals surface area contributed by atoms with Crippen molar-refractivity contribution in [3.8, 4) is 11.5 Å². The number of hydrogen-bond donors (Lipinski definition) is 1. The number of carbonyl (C=O) groups excluding carboxylic acids is 2. The minimum Gasteiger partial charge on any atom is -0.482 e. The van der Waals surface area contributed by atoms with Gasteiger partial charge in [-0.2, -0.15) is 0 Å². The minimum absolute atomic E-state index is 0.112.